The number of hydrogen-bond acceptors (Lipinski definition) is 7. The average molecular weight is 373 g/mol. The number of aromatic nitrogens is 4. The van der Waals surface area contributed by atoms with Crippen molar-refractivity contribution in [2.45, 2.75) is 24.3 Å². The van der Waals surface area contributed by atoms with Crippen LogP contribution in [-0.2, 0) is 11.8 Å². The number of carbonyl (C=O) groups excluding carboxylic acids is 1. The zero-order chi connectivity index (χ0) is 18.7. The second kappa shape index (κ2) is 7.61. The predicted octanol–water partition coefficient (Wildman–Crippen LogP) is 2.91. The van der Waals surface area contributed by atoms with Crippen LogP contribution in [0.4, 0.5) is 5.82 Å². The van der Waals surface area contributed by atoms with Gasteiger partial charge in [0.2, 0.25) is 5.91 Å². The molecule has 0 spiro atoms. The van der Waals surface area contributed by atoms with Crippen LogP contribution in [0.3, 0.4) is 0 Å². The van der Waals surface area contributed by atoms with Gasteiger partial charge in [-0.05, 0) is 38.1 Å². The van der Waals surface area contributed by atoms with Crippen molar-refractivity contribution in [3.05, 3.63) is 36.1 Å². The van der Waals surface area contributed by atoms with Gasteiger partial charge in [0.25, 0.3) is 0 Å². The standard InChI is InChI=1S/C17H19N5O3S/c1-10-9-14(21-25-10)18-16(23)11(2)26-17-20-19-15(22(17)3)12-5-7-13(24-4)8-6-12/h5-9,11H,1-4H3,(H,18,21,23). The fourth-order valence-corrected chi connectivity index (χ4v) is 3.09. The first-order valence-corrected chi connectivity index (χ1v) is 8.80. The fourth-order valence-electron chi connectivity index (χ4n) is 2.27. The molecule has 1 atom stereocenters. The Bertz CT molecular complexity index is 904. The molecule has 1 aromatic carbocycles. The van der Waals surface area contributed by atoms with Gasteiger partial charge in [-0.15, -0.1) is 10.2 Å². The van der Waals surface area contributed by atoms with Crippen molar-refractivity contribution < 1.29 is 14.1 Å². The summed E-state index contributed by atoms with van der Waals surface area (Å²) in [5.74, 6) is 2.35. The highest BCUT2D eigenvalue weighted by Gasteiger charge is 2.20. The maximum Gasteiger partial charge on any atom is 0.238 e. The van der Waals surface area contributed by atoms with Crippen molar-refractivity contribution in [3.63, 3.8) is 0 Å². The van der Waals surface area contributed by atoms with E-state index in [4.69, 9.17) is 9.26 Å². The lowest BCUT2D eigenvalue weighted by Crippen LogP contribution is -2.23. The van der Waals surface area contributed by atoms with E-state index in [-0.39, 0.29) is 11.2 Å². The smallest absolute Gasteiger partial charge is 0.238 e. The number of methoxy groups -OCH3 is 1. The third kappa shape index (κ3) is 3.88. The molecule has 0 aliphatic carbocycles. The van der Waals surface area contributed by atoms with Crippen LogP contribution in [0, 0.1) is 6.92 Å². The van der Waals surface area contributed by atoms with E-state index in [0.717, 1.165) is 17.1 Å². The Morgan fingerprint density at radius 1 is 1.31 bits per heavy atom. The number of nitrogens with one attached hydrogen (secondary N) is 1. The summed E-state index contributed by atoms with van der Waals surface area (Å²) in [6.07, 6.45) is 0. The summed E-state index contributed by atoms with van der Waals surface area (Å²) in [7, 11) is 3.49. The van der Waals surface area contributed by atoms with E-state index in [0.29, 0.717) is 16.7 Å². The minimum atomic E-state index is -0.376. The summed E-state index contributed by atoms with van der Waals surface area (Å²) in [5, 5.41) is 15.2. The predicted molar refractivity (Wildman–Crippen MR) is 98.2 cm³/mol. The van der Waals surface area contributed by atoms with Crippen LogP contribution in [0.5, 0.6) is 5.75 Å². The van der Waals surface area contributed by atoms with Crippen molar-refractivity contribution >= 4 is 23.5 Å². The summed E-state index contributed by atoms with van der Waals surface area (Å²) < 4.78 is 12.0. The van der Waals surface area contributed by atoms with Crippen molar-refractivity contribution in [1.82, 2.24) is 19.9 Å². The lowest BCUT2D eigenvalue weighted by molar-refractivity contribution is -0.115. The molecule has 1 N–H and O–H groups in total. The Labute approximate surface area is 154 Å². The molecule has 1 amide bonds. The summed E-state index contributed by atoms with van der Waals surface area (Å²) in [6.45, 7) is 3.57. The van der Waals surface area contributed by atoms with Crippen LogP contribution in [0.15, 0.2) is 40.0 Å². The molecule has 0 fully saturated rings. The third-order valence-corrected chi connectivity index (χ3v) is 4.85. The number of amides is 1. The van der Waals surface area contributed by atoms with Gasteiger partial charge in [-0.1, -0.05) is 16.9 Å². The van der Waals surface area contributed by atoms with Gasteiger partial charge in [-0.3, -0.25) is 4.79 Å². The minimum Gasteiger partial charge on any atom is -0.497 e. The van der Waals surface area contributed by atoms with E-state index < -0.39 is 0 Å². The Hall–Kier alpha value is -2.81. The van der Waals surface area contributed by atoms with Crippen LogP contribution in [0.25, 0.3) is 11.4 Å². The molecule has 26 heavy (non-hydrogen) atoms. The quantitative estimate of drug-likeness (QED) is 0.664. The monoisotopic (exact) mass is 373 g/mol. The van der Waals surface area contributed by atoms with E-state index in [1.165, 1.54) is 11.8 Å². The highest BCUT2D eigenvalue weighted by Crippen LogP contribution is 2.27. The van der Waals surface area contributed by atoms with Gasteiger partial charge < -0.3 is 19.1 Å². The van der Waals surface area contributed by atoms with Crippen LogP contribution in [0.1, 0.15) is 12.7 Å². The normalized spacial score (nSPS) is 12.0. The molecule has 1 unspecified atom stereocenters. The van der Waals surface area contributed by atoms with Crippen LogP contribution >= 0.6 is 11.8 Å². The third-order valence-electron chi connectivity index (χ3n) is 3.71. The highest BCUT2D eigenvalue weighted by molar-refractivity contribution is 8.00. The van der Waals surface area contributed by atoms with E-state index in [2.05, 4.69) is 20.7 Å². The molecule has 8 nitrogen and oxygen atoms in total. The summed E-state index contributed by atoms with van der Waals surface area (Å²) >= 11 is 1.32. The van der Waals surface area contributed by atoms with E-state index in [9.17, 15) is 4.79 Å². The van der Waals surface area contributed by atoms with Crippen molar-refractivity contribution in [2.24, 2.45) is 7.05 Å². The van der Waals surface area contributed by atoms with Gasteiger partial charge in [-0.25, -0.2) is 0 Å². The molecule has 2 aromatic heterocycles. The number of hydrogen-bond donors (Lipinski definition) is 1. The number of ether oxygens (including phenoxy) is 1. The Morgan fingerprint density at radius 3 is 2.65 bits per heavy atom. The number of aryl methyl sites for hydroxylation is 1. The molecule has 0 saturated heterocycles. The largest absolute Gasteiger partial charge is 0.497 e. The summed E-state index contributed by atoms with van der Waals surface area (Å²) in [6, 6.07) is 9.24. The Morgan fingerprint density at radius 2 is 2.04 bits per heavy atom. The lowest BCUT2D eigenvalue weighted by atomic mass is 10.2. The van der Waals surface area contributed by atoms with E-state index in [1.54, 1.807) is 27.0 Å². The minimum absolute atomic E-state index is 0.183. The zero-order valence-corrected chi connectivity index (χ0v) is 15.7. The van der Waals surface area contributed by atoms with Crippen molar-refractivity contribution in [2.75, 3.05) is 12.4 Å². The maximum atomic E-state index is 12.3. The van der Waals surface area contributed by atoms with Crippen LogP contribution in [0.2, 0.25) is 0 Å². The molecular weight excluding hydrogens is 354 g/mol. The molecule has 2 heterocycles. The first-order chi connectivity index (χ1) is 12.5. The van der Waals surface area contributed by atoms with Gasteiger partial charge >= 0.3 is 0 Å². The number of carbonyl (C=O) groups is 1. The first-order valence-electron chi connectivity index (χ1n) is 7.92. The average Bonchev–Trinajstić information content (AvgIpc) is 3.21. The second-order valence-electron chi connectivity index (χ2n) is 5.67. The summed E-state index contributed by atoms with van der Waals surface area (Å²) in [5.41, 5.74) is 0.919. The number of rotatable bonds is 6. The first kappa shape index (κ1) is 18.0. The van der Waals surface area contributed by atoms with Crippen molar-refractivity contribution in [3.8, 4) is 17.1 Å². The fraction of sp³-hybridized carbons (Fsp3) is 0.294. The van der Waals surface area contributed by atoms with Gasteiger partial charge in [0.15, 0.2) is 16.8 Å². The number of thioether (sulfide) groups is 1. The zero-order valence-electron chi connectivity index (χ0n) is 14.9. The topological polar surface area (TPSA) is 95.1 Å². The van der Waals surface area contributed by atoms with Gasteiger partial charge in [0.05, 0.1) is 12.4 Å². The second-order valence-corrected chi connectivity index (χ2v) is 6.97. The SMILES string of the molecule is COc1ccc(-c2nnc(SC(C)C(=O)Nc3cc(C)on3)n2C)cc1. The number of anilines is 1. The Balaban J connectivity index is 1.69. The van der Waals surface area contributed by atoms with Crippen LogP contribution in [-0.4, -0.2) is 38.2 Å². The van der Waals surface area contributed by atoms with Gasteiger partial charge in [0.1, 0.15) is 11.5 Å². The highest BCUT2D eigenvalue weighted by atomic mass is 32.2. The molecule has 136 valence electrons. The molecule has 9 heteroatoms. The molecule has 0 saturated carbocycles. The molecule has 3 rings (SSSR count). The number of nitrogens with zero attached hydrogens (tertiary/aromatic N) is 4. The van der Waals surface area contributed by atoms with Gasteiger partial charge in [0, 0.05) is 18.7 Å². The van der Waals surface area contributed by atoms with Crippen LogP contribution < -0.4 is 10.1 Å². The lowest BCUT2D eigenvalue weighted by Gasteiger charge is -2.10. The molecule has 0 bridgehead atoms. The molecular formula is C17H19N5O3S. The maximum absolute atomic E-state index is 12.3. The van der Waals surface area contributed by atoms with E-state index >= 15 is 0 Å². The molecule has 0 radical (unpaired) electrons. The number of benzene rings is 1. The van der Waals surface area contributed by atoms with Gasteiger partial charge in [-0.2, -0.15) is 0 Å². The van der Waals surface area contributed by atoms with E-state index in [1.807, 2.05) is 35.9 Å². The molecule has 3 aromatic rings. The molecule has 0 aliphatic rings. The Kier molecular flexibility index (Phi) is 5.27. The summed E-state index contributed by atoms with van der Waals surface area (Å²) in [4.78, 5) is 12.3. The molecule has 0 aliphatic heterocycles. The van der Waals surface area contributed by atoms with Crippen molar-refractivity contribution in [1.29, 1.82) is 0 Å².